The van der Waals surface area contributed by atoms with Gasteiger partial charge in [0.2, 0.25) is 0 Å². The summed E-state index contributed by atoms with van der Waals surface area (Å²) < 4.78 is 1.55. The summed E-state index contributed by atoms with van der Waals surface area (Å²) in [6.07, 6.45) is 4.73. The molecule has 0 saturated carbocycles. The Kier molecular flexibility index (Phi) is 3.86. The fourth-order valence-electron chi connectivity index (χ4n) is 1.18. The Labute approximate surface area is 115 Å². The molecule has 0 unspecified atom stereocenters. The second-order valence-corrected chi connectivity index (χ2v) is 4.95. The van der Waals surface area contributed by atoms with Gasteiger partial charge in [0.05, 0.1) is 10.0 Å². The van der Waals surface area contributed by atoms with Crippen molar-refractivity contribution in [3.05, 3.63) is 51.3 Å². The SMILES string of the molecule is O=C(Nc1ncc(Br)cc1Br)c1cccnc1. The molecular weight excluding hydrogens is 350 g/mol. The van der Waals surface area contributed by atoms with Gasteiger partial charge in [-0.25, -0.2) is 4.98 Å². The summed E-state index contributed by atoms with van der Waals surface area (Å²) in [6.45, 7) is 0. The second-order valence-electron chi connectivity index (χ2n) is 3.18. The van der Waals surface area contributed by atoms with Crippen LogP contribution in [-0.4, -0.2) is 15.9 Å². The van der Waals surface area contributed by atoms with Crippen LogP contribution in [0.25, 0.3) is 0 Å². The van der Waals surface area contributed by atoms with Gasteiger partial charge in [-0.1, -0.05) is 0 Å². The van der Waals surface area contributed by atoms with E-state index in [4.69, 9.17) is 0 Å². The van der Waals surface area contributed by atoms with E-state index in [1.807, 2.05) is 6.07 Å². The summed E-state index contributed by atoms with van der Waals surface area (Å²) in [7, 11) is 0. The van der Waals surface area contributed by atoms with Crippen LogP contribution in [0.2, 0.25) is 0 Å². The molecule has 0 aliphatic rings. The van der Waals surface area contributed by atoms with Gasteiger partial charge in [0, 0.05) is 23.1 Å². The highest BCUT2D eigenvalue weighted by Crippen LogP contribution is 2.23. The molecule has 2 rings (SSSR count). The Bertz CT molecular complexity index is 546. The molecule has 2 aromatic rings. The Morgan fingerprint density at radius 3 is 2.76 bits per heavy atom. The van der Waals surface area contributed by atoms with Gasteiger partial charge in [-0.15, -0.1) is 0 Å². The number of nitrogens with one attached hydrogen (secondary N) is 1. The van der Waals surface area contributed by atoms with Gasteiger partial charge in [0.1, 0.15) is 5.82 Å². The van der Waals surface area contributed by atoms with E-state index in [0.717, 1.165) is 4.47 Å². The number of aromatic nitrogens is 2. The standard InChI is InChI=1S/C11H7Br2N3O/c12-8-4-9(13)10(15-6-8)16-11(17)7-2-1-3-14-5-7/h1-6H,(H,15,16,17). The second kappa shape index (κ2) is 5.37. The van der Waals surface area contributed by atoms with Crippen LogP contribution in [0.3, 0.4) is 0 Å². The number of carbonyl (C=O) groups excluding carboxylic acids is 1. The first kappa shape index (κ1) is 12.2. The minimum absolute atomic E-state index is 0.242. The molecule has 17 heavy (non-hydrogen) atoms. The van der Waals surface area contributed by atoms with Gasteiger partial charge in [-0.3, -0.25) is 9.78 Å². The Hall–Kier alpha value is -1.27. The summed E-state index contributed by atoms with van der Waals surface area (Å²) in [5, 5.41) is 2.70. The van der Waals surface area contributed by atoms with Crippen LogP contribution in [-0.2, 0) is 0 Å². The maximum Gasteiger partial charge on any atom is 0.258 e. The number of amides is 1. The van der Waals surface area contributed by atoms with Crippen molar-refractivity contribution in [3.8, 4) is 0 Å². The predicted molar refractivity (Wildman–Crippen MR) is 71.8 cm³/mol. The Balaban J connectivity index is 2.19. The first-order valence-corrected chi connectivity index (χ1v) is 6.28. The van der Waals surface area contributed by atoms with E-state index in [1.165, 1.54) is 6.20 Å². The van der Waals surface area contributed by atoms with E-state index < -0.39 is 0 Å². The molecule has 86 valence electrons. The van der Waals surface area contributed by atoms with Crippen LogP contribution in [0.5, 0.6) is 0 Å². The third-order valence-electron chi connectivity index (χ3n) is 1.96. The maximum absolute atomic E-state index is 11.8. The molecule has 2 heterocycles. The minimum atomic E-state index is -0.242. The number of carbonyl (C=O) groups is 1. The highest BCUT2D eigenvalue weighted by molar-refractivity contribution is 9.11. The number of pyridine rings is 2. The minimum Gasteiger partial charge on any atom is -0.306 e. The van der Waals surface area contributed by atoms with Crippen molar-refractivity contribution >= 4 is 43.6 Å². The highest BCUT2D eigenvalue weighted by atomic mass is 79.9. The number of halogens is 2. The van der Waals surface area contributed by atoms with E-state index in [-0.39, 0.29) is 5.91 Å². The number of hydrogen-bond acceptors (Lipinski definition) is 3. The monoisotopic (exact) mass is 355 g/mol. The predicted octanol–water partition coefficient (Wildman–Crippen LogP) is 3.25. The zero-order valence-electron chi connectivity index (χ0n) is 8.52. The first-order valence-electron chi connectivity index (χ1n) is 4.69. The number of hydrogen-bond donors (Lipinski definition) is 1. The van der Waals surface area contributed by atoms with Crippen molar-refractivity contribution in [2.45, 2.75) is 0 Å². The molecule has 0 fully saturated rings. The lowest BCUT2D eigenvalue weighted by Gasteiger charge is -2.06. The summed E-state index contributed by atoms with van der Waals surface area (Å²) in [6, 6.07) is 5.21. The van der Waals surface area contributed by atoms with Crippen molar-refractivity contribution in [2.24, 2.45) is 0 Å². The number of nitrogens with zero attached hydrogens (tertiary/aromatic N) is 2. The average molecular weight is 357 g/mol. The molecule has 1 amide bonds. The summed E-state index contributed by atoms with van der Waals surface area (Å²) in [4.78, 5) is 19.8. The topological polar surface area (TPSA) is 54.9 Å². The van der Waals surface area contributed by atoms with Crippen LogP contribution >= 0.6 is 31.9 Å². The third kappa shape index (κ3) is 3.10. The van der Waals surface area contributed by atoms with E-state index >= 15 is 0 Å². The number of rotatable bonds is 2. The molecular formula is C11H7Br2N3O. The van der Waals surface area contributed by atoms with Gasteiger partial charge in [-0.2, -0.15) is 0 Å². The molecule has 0 spiro atoms. The molecule has 1 N–H and O–H groups in total. The molecule has 4 nitrogen and oxygen atoms in total. The lowest BCUT2D eigenvalue weighted by Crippen LogP contribution is -2.13. The van der Waals surface area contributed by atoms with Gasteiger partial charge in [0.15, 0.2) is 0 Å². The molecule has 0 radical (unpaired) electrons. The van der Waals surface area contributed by atoms with Crippen molar-refractivity contribution in [2.75, 3.05) is 5.32 Å². The van der Waals surface area contributed by atoms with E-state index in [0.29, 0.717) is 15.9 Å². The Morgan fingerprint density at radius 2 is 2.12 bits per heavy atom. The molecule has 0 atom stereocenters. The largest absolute Gasteiger partial charge is 0.306 e. The zero-order chi connectivity index (χ0) is 12.3. The van der Waals surface area contributed by atoms with E-state index in [1.54, 1.807) is 24.5 Å². The molecule has 2 aromatic heterocycles. The van der Waals surface area contributed by atoms with Crippen LogP contribution in [0.1, 0.15) is 10.4 Å². The lowest BCUT2D eigenvalue weighted by atomic mass is 10.3. The quantitative estimate of drug-likeness (QED) is 0.898. The zero-order valence-corrected chi connectivity index (χ0v) is 11.7. The lowest BCUT2D eigenvalue weighted by molar-refractivity contribution is 0.102. The van der Waals surface area contributed by atoms with Crippen molar-refractivity contribution in [3.63, 3.8) is 0 Å². The first-order chi connectivity index (χ1) is 8.16. The fourth-order valence-corrected chi connectivity index (χ4v) is 2.27. The molecule has 0 saturated heterocycles. The molecule has 0 bridgehead atoms. The van der Waals surface area contributed by atoms with Crippen molar-refractivity contribution < 1.29 is 4.79 Å². The van der Waals surface area contributed by atoms with Gasteiger partial charge >= 0.3 is 0 Å². The number of anilines is 1. The van der Waals surface area contributed by atoms with E-state index in [9.17, 15) is 4.79 Å². The van der Waals surface area contributed by atoms with Crippen LogP contribution < -0.4 is 5.32 Å². The van der Waals surface area contributed by atoms with Crippen LogP contribution in [0, 0.1) is 0 Å². The molecule has 0 aromatic carbocycles. The summed E-state index contributed by atoms with van der Waals surface area (Å²) >= 11 is 6.62. The fraction of sp³-hybridized carbons (Fsp3) is 0. The average Bonchev–Trinajstić information content (AvgIpc) is 2.34. The molecule has 6 heteroatoms. The Morgan fingerprint density at radius 1 is 1.29 bits per heavy atom. The summed E-state index contributed by atoms with van der Waals surface area (Å²) in [5.74, 6) is 0.232. The van der Waals surface area contributed by atoms with Crippen molar-refractivity contribution in [1.29, 1.82) is 0 Å². The highest BCUT2D eigenvalue weighted by Gasteiger charge is 2.09. The molecule has 0 aliphatic carbocycles. The summed E-state index contributed by atoms with van der Waals surface area (Å²) in [5.41, 5.74) is 0.490. The third-order valence-corrected chi connectivity index (χ3v) is 3.00. The maximum atomic E-state index is 11.8. The van der Waals surface area contributed by atoms with Crippen LogP contribution in [0.15, 0.2) is 45.7 Å². The normalized spacial score (nSPS) is 10.0. The van der Waals surface area contributed by atoms with Crippen LogP contribution in [0.4, 0.5) is 5.82 Å². The smallest absolute Gasteiger partial charge is 0.258 e. The van der Waals surface area contributed by atoms with Gasteiger partial charge in [-0.05, 0) is 50.1 Å². The van der Waals surface area contributed by atoms with Gasteiger partial charge < -0.3 is 5.32 Å². The molecule has 0 aliphatic heterocycles. The van der Waals surface area contributed by atoms with Gasteiger partial charge in [0.25, 0.3) is 5.91 Å². The van der Waals surface area contributed by atoms with Crippen molar-refractivity contribution in [1.82, 2.24) is 9.97 Å². The van der Waals surface area contributed by atoms with E-state index in [2.05, 4.69) is 47.1 Å².